The van der Waals surface area contributed by atoms with Gasteiger partial charge in [0.1, 0.15) is 12.4 Å². The quantitative estimate of drug-likeness (QED) is 0.569. The van der Waals surface area contributed by atoms with Gasteiger partial charge in [-0.15, -0.1) is 0 Å². The molecule has 0 saturated heterocycles. The number of nitrogens with one attached hydrogen (secondary N) is 1. The van der Waals surface area contributed by atoms with Gasteiger partial charge in [-0.1, -0.05) is 48.5 Å². The molecule has 0 aliphatic heterocycles. The zero-order chi connectivity index (χ0) is 20.0. The molecule has 6 heteroatoms. The van der Waals surface area contributed by atoms with Crippen molar-refractivity contribution in [1.82, 2.24) is 0 Å². The molecule has 4 nitrogen and oxygen atoms in total. The fourth-order valence-electron chi connectivity index (χ4n) is 3.78. The van der Waals surface area contributed by atoms with Gasteiger partial charge in [-0.05, 0) is 54.8 Å². The third-order valence-electron chi connectivity index (χ3n) is 5.26. The van der Waals surface area contributed by atoms with Crippen LogP contribution in [0.1, 0.15) is 37.7 Å². The lowest BCUT2D eigenvalue weighted by Crippen LogP contribution is -2.42. The second kappa shape index (κ2) is 9.64. The number of carbonyl (C=O) groups excluding carboxylic acids is 1. The minimum absolute atomic E-state index is 0.0236. The van der Waals surface area contributed by atoms with Crippen molar-refractivity contribution >= 4 is 34.8 Å². The molecule has 2 aromatic rings. The van der Waals surface area contributed by atoms with Gasteiger partial charge >= 0.3 is 0 Å². The summed E-state index contributed by atoms with van der Waals surface area (Å²) >= 11 is 12.6. The molecule has 1 fully saturated rings. The van der Waals surface area contributed by atoms with E-state index in [0.29, 0.717) is 23.3 Å². The third kappa shape index (κ3) is 4.80. The summed E-state index contributed by atoms with van der Waals surface area (Å²) < 4.78 is 10.5. The highest BCUT2D eigenvalue weighted by molar-refractivity contribution is 6.35. The number of benzene rings is 2. The predicted molar refractivity (Wildman–Crippen MR) is 114 cm³/mol. The van der Waals surface area contributed by atoms with E-state index in [4.69, 9.17) is 32.7 Å². The number of ether oxygens (including phenoxy) is 2. The monoisotopic (exact) mass is 421 g/mol. The Hall–Kier alpha value is -1.75. The first-order valence-electron chi connectivity index (χ1n) is 9.54. The molecule has 1 aliphatic rings. The Morgan fingerprint density at radius 1 is 1.04 bits per heavy atom. The number of methoxy groups -OCH3 is 1. The summed E-state index contributed by atoms with van der Waals surface area (Å²) in [5.41, 5.74) is 0.961. The molecule has 150 valence electrons. The summed E-state index contributed by atoms with van der Waals surface area (Å²) in [6.07, 6.45) is 4.68. The maximum absolute atomic E-state index is 13.4. The van der Waals surface area contributed by atoms with Gasteiger partial charge in [0.2, 0.25) is 5.91 Å². The molecule has 1 amide bonds. The number of rotatable bonds is 7. The Bertz CT molecular complexity index is 802. The molecule has 0 bridgehead atoms. The van der Waals surface area contributed by atoms with Crippen molar-refractivity contribution in [3.8, 4) is 5.75 Å². The summed E-state index contributed by atoms with van der Waals surface area (Å²) in [6.45, 7) is 1.02. The van der Waals surface area contributed by atoms with Crippen LogP contribution in [0.5, 0.6) is 5.75 Å². The van der Waals surface area contributed by atoms with Crippen LogP contribution in [-0.2, 0) is 14.9 Å². The first-order valence-corrected chi connectivity index (χ1v) is 10.3. The molecule has 2 aromatic carbocycles. The van der Waals surface area contributed by atoms with Crippen LogP contribution in [0.25, 0.3) is 0 Å². The molecule has 0 heterocycles. The molecule has 1 N–H and O–H groups in total. The van der Waals surface area contributed by atoms with Crippen LogP contribution in [0.3, 0.4) is 0 Å². The number of halogens is 2. The van der Waals surface area contributed by atoms with E-state index < -0.39 is 5.41 Å². The van der Waals surface area contributed by atoms with Crippen molar-refractivity contribution in [1.29, 1.82) is 0 Å². The van der Waals surface area contributed by atoms with E-state index >= 15 is 0 Å². The van der Waals surface area contributed by atoms with Gasteiger partial charge in [-0.3, -0.25) is 4.79 Å². The molecular formula is C22H25Cl2NO3. The normalized spacial score (nSPS) is 15.8. The molecule has 0 unspecified atom stereocenters. The topological polar surface area (TPSA) is 47.6 Å². The van der Waals surface area contributed by atoms with Crippen LogP contribution >= 0.6 is 23.2 Å². The van der Waals surface area contributed by atoms with Crippen molar-refractivity contribution < 1.29 is 14.3 Å². The number of anilines is 1. The van der Waals surface area contributed by atoms with Crippen LogP contribution < -0.4 is 10.1 Å². The summed E-state index contributed by atoms with van der Waals surface area (Å²) in [7, 11) is 1.63. The van der Waals surface area contributed by atoms with Crippen molar-refractivity contribution in [2.24, 2.45) is 0 Å². The largest absolute Gasteiger partial charge is 0.491 e. The van der Waals surface area contributed by atoms with Gasteiger partial charge < -0.3 is 14.8 Å². The second-order valence-electron chi connectivity index (χ2n) is 7.09. The number of amides is 1. The number of carbonyl (C=O) groups is 1. The molecule has 0 radical (unpaired) electrons. The van der Waals surface area contributed by atoms with Crippen LogP contribution in [-0.4, -0.2) is 26.2 Å². The Labute approximate surface area is 176 Å². The molecule has 0 aromatic heterocycles. The van der Waals surface area contributed by atoms with Gasteiger partial charge in [-0.2, -0.15) is 0 Å². The van der Waals surface area contributed by atoms with Gasteiger partial charge in [0, 0.05) is 22.8 Å². The Morgan fingerprint density at radius 2 is 1.75 bits per heavy atom. The van der Waals surface area contributed by atoms with Crippen molar-refractivity contribution in [2.45, 2.75) is 37.5 Å². The Morgan fingerprint density at radius 3 is 2.39 bits per heavy atom. The summed E-state index contributed by atoms with van der Waals surface area (Å²) in [5, 5.41) is 4.20. The minimum Gasteiger partial charge on any atom is -0.491 e. The van der Waals surface area contributed by atoms with Gasteiger partial charge in [0.15, 0.2) is 0 Å². The molecular weight excluding hydrogens is 397 g/mol. The summed E-state index contributed by atoms with van der Waals surface area (Å²) in [5.74, 6) is 0.715. The zero-order valence-electron chi connectivity index (χ0n) is 16.0. The Balaban J connectivity index is 1.79. The lowest BCUT2D eigenvalue weighted by molar-refractivity contribution is -0.122. The molecule has 0 atom stereocenters. The molecule has 28 heavy (non-hydrogen) atoms. The fraction of sp³-hybridized carbons (Fsp3) is 0.409. The van der Waals surface area contributed by atoms with Crippen molar-refractivity contribution in [3.05, 3.63) is 58.1 Å². The van der Waals surface area contributed by atoms with Crippen LogP contribution in [0.15, 0.2) is 42.5 Å². The number of hydrogen-bond donors (Lipinski definition) is 1. The van der Waals surface area contributed by atoms with Gasteiger partial charge in [0.05, 0.1) is 12.0 Å². The number of hydrogen-bond acceptors (Lipinski definition) is 3. The SMILES string of the molecule is COCCOc1ccc(NC(=O)C2(c3ccc(Cl)cc3Cl)CCCCC2)cc1. The predicted octanol–water partition coefficient (Wildman–Crippen LogP) is 5.86. The molecule has 1 aliphatic carbocycles. The maximum atomic E-state index is 13.4. The molecule has 1 saturated carbocycles. The molecule has 0 spiro atoms. The molecule has 3 rings (SSSR count). The van der Waals surface area contributed by atoms with Crippen LogP contribution in [0.2, 0.25) is 10.0 Å². The minimum atomic E-state index is -0.631. The smallest absolute Gasteiger partial charge is 0.235 e. The first-order chi connectivity index (χ1) is 13.5. The highest BCUT2D eigenvalue weighted by Crippen LogP contribution is 2.43. The van der Waals surface area contributed by atoms with E-state index in [0.717, 1.165) is 49.1 Å². The zero-order valence-corrected chi connectivity index (χ0v) is 17.5. The van der Waals surface area contributed by atoms with Crippen LogP contribution in [0, 0.1) is 0 Å². The van der Waals surface area contributed by atoms with E-state index in [2.05, 4.69) is 5.32 Å². The Kier molecular flexibility index (Phi) is 7.22. The van der Waals surface area contributed by atoms with E-state index in [1.54, 1.807) is 19.2 Å². The van der Waals surface area contributed by atoms with Crippen molar-refractivity contribution in [2.75, 3.05) is 25.6 Å². The first kappa shape index (κ1) is 21.0. The fourth-order valence-corrected chi connectivity index (χ4v) is 4.37. The van der Waals surface area contributed by atoms with Crippen molar-refractivity contribution in [3.63, 3.8) is 0 Å². The average Bonchev–Trinajstić information content (AvgIpc) is 2.70. The third-order valence-corrected chi connectivity index (χ3v) is 5.80. The maximum Gasteiger partial charge on any atom is 0.235 e. The standard InChI is InChI=1S/C22H25Cl2NO3/c1-27-13-14-28-18-8-6-17(7-9-18)25-21(26)22(11-3-2-4-12-22)19-10-5-16(23)15-20(19)24/h5-10,15H,2-4,11-14H2,1H3,(H,25,26). The van der Waals surface area contributed by atoms with E-state index in [-0.39, 0.29) is 5.91 Å². The average molecular weight is 422 g/mol. The lowest BCUT2D eigenvalue weighted by atomic mass is 9.68. The summed E-state index contributed by atoms with van der Waals surface area (Å²) in [4.78, 5) is 13.4. The van der Waals surface area contributed by atoms with E-state index in [9.17, 15) is 4.79 Å². The highest BCUT2D eigenvalue weighted by Gasteiger charge is 2.42. The van der Waals surface area contributed by atoms with Crippen LogP contribution in [0.4, 0.5) is 5.69 Å². The van der Waals surface area contributed by atoms with E-state index in [1.807, 2.05) is 30.3 Å². The second-order valence-corrected chi connectivity index (χ2v) is 7.93. The van der Waals surface area contributed by atoms with Gasteiger partial charge in [0.25, 0.3) is 0 Å². The lowest BCUT2D eigenvalue weighted by Gasteiger charge is -2.37. The summed E-state index contributed by atoms with van der Waals surface area (Å²) in [6, 6.07) is 12.8. The van der Waals surface area contributed by atoms with Gasteiger partial charge in [-0.25, -0.2) is 0 Å². The van der Waals surface area contributed by atoms with E-state index in [1.165, 1.54) is 0 Å². The highest BCUT2D eigenvalue weighted by atomic mass is 35.5.